The van der Waals surface area contributed by atoms with Gasteiger partial charge in [0.15, 0.2) is 0 Å². The minimum atomic E-state index is -1.16. The predicted molar refractivity (Wildman–Crippen MR) is 54.5 cm³/mol. The van der Waals surface area contributed by atoms with Crippen LogP contribution < -0.4 is 0 Å². The molecule has 1 heterocycles. The highest BCUT2D eigenvalue weighted by atomic mass is 35.5. The molecule has 84 valence electrons. The van der Waals surface area contributed by atoms with Gasteiger partial charge in [0.1, 0.15) is 5.60 Å². The fourth-order valence-corrected chi connectivity index (χ4v) is 3.96. The van der Waals surface area contributed by atoms with E-state index < -0.39 is 11.0 Å². The fraction of sp³-hybridized carbons (Fsp3) is 0.909. The van der Waals surface area contributed by atoms with Crippen LogP contribution in [0.25, 0.3) is 0 Å². The summed E-state index contributed by atoms with van der Waals surface area (Å²) in [5.74, 6) is 0.732. The molecular formula is C11H15ClO3. The minimum absolute atomic E-state index is 0.386. The van der Waals surface area contributed by atoms with Crippen molar-refractivity contribution in [3.05, 3.63) is 0 Å². The molecule has 0 radical (unpaired) electrons. The highest BCUT2D eigenvalue weighted by Gasteiger charge is 2.79. The molecule has 2 bridgehead atoms. The molecular weight excluding hydrogens is 216 g/mol. The third-order valence-electron chi connectivity index (χ3n) is 4.37. The zero-order valence-corrected chi connectivity index (χ0v) is 9.55. The third kappa shape index (κ3) is 1.08. The monoisotopic (exact) mass is 230 g/mol. The van der Waals surface area contributed by atoms with Crippen molar-refractivity contribution < 1.29 is 14.3 Å². The van der Waals surface area contributed by atoms with Crippen molar-refractivity contribution in [2.45, 2.75) is 42.8 Å². The summed E-state index contributed by atoms with van der Waals surface area (Å²) >= 11 is 6.23. The molecule has 4 fully saturated rings. The molecule has 0 aromatic rings. The average Bonchev–Trinajstić information content (AvgIpc) is 2.85. The van der Waals surface area contributed by atoms with Gasteiger partial charge in [-0.25, -0.2) is 4.79 Å². The molecule has 0 aromatic carbocycles. The Kier molecular flexibility index (Phi) is 1.91. The van der Waals surface area contributed by atoms with E-state index in [2.05, 4.69) is 0 Å². The number of fused-ring (bicyclic) bond motifs is 2. The van der Waals surface area contributed by atoms with E-state index in [1.165, 1.54) is 20.0 Å². The number of alkyl halides is 1. The van der Waals surface area contributed by atoms with E-state index in [0.29, 0.717) is 11.8 Å². The molecule has 4 rings (SSSR count). The average molecular weight is 231 g/mol. The predicted octanol–water partition coefficient (Wildman–Crippen LogP) is 2.07. The highest BCUT2D eigenvalue weighted by molar-refractivity contribution is 6.36. The molecule has 3 aliphatic carbocycles. The standard InChI is InChI=1S/C11H15ClO3/c1-14-9(13)11(12)10(15-11)6-7-2-4-8(10)5-3-7/h7-8H,2-6H2,1H3. The van der Waals surface area contributed by atoms with Crippen LogP contribution in [0, 0.1) is 11.8 Å². The van der Waals surface area contributed by atoms with Gasteiger partial charge in [-0.3, -0.25) is 0 Å². The first-order chi connectivity index (χ1) is 7.12. The van der Waals surface area contributed by atoms with Gasteiger partial charge in [0, 0.05) is 0 Å². The molecule has 4 heteroatoms. The highest BCUT2D eigenvalue weighted by Crippen LogP contribution is 2.66. The van der Waals surface area contributed by atoms with Gasteiger partial charge in [0.25, 0.3) is 5.06 Å². The summed E-state index contributed by atoms with van der Waals surface area (Å²) in [4.78, 5) is 11.6. The molecule has 4 aliphatic rings. The first-order valence-electron chi connectivity index (χ1n) is 5.60. The SMILES string of the molecule is COC(=O)C1(Cl)OC12CC1CCC2CC1. The summed E-state index contributed by atoms with van der Waals surface area (Å²) in [6.07, 6.45) is 5.77. The Morgan fingerprint density at radius 1 is 1.40 bits per heavy atom. The van der Waals surface area contributed by atoms with E-state index in [4.69, 9.17) is 21.1 Å². The van der Waals surface area contributed by atoms with E-state index >= 15 is 0 Å². The van der Waals surface area contributed by atoms with Crippen molar-refractivity contribution in [3.8, 4) is 0 Å². The summed E-state index contributed by atoms with van der Waals surface area (Å²) in [5, 5.41) is -1.16. The first-order valence-corrected chi connectivity index (χ1v) is 5.98. The quantitative estimate of drug-likeness (QED) is 0.393. The van der Waals surface area contributed by atoms with Crippen LogP contribution in [0.3, 0.4) is 0 Å². The Morgan fingerprint density at radius 3 is 2.53 bits per heavy atom. The maximum atomic E-state index is 11.6. The van der Waals surface area contributed by atoms with Crippen LogP contribution in [0.4, 0.5) is 0 Å². The zero-order chi connectivity index (χ0) is 10.7. The fourth-order valence-electron chi connectivity index (χ4n) is 3.52. The van der Waals surface area contributed by atoms with Gasteiger partial charge in [-0.05, 0) is 43.9 Å². The van der Waals surface area contributed by atoms with E-state index in [-0.39, 0.29) is 5.60 Å². The molecule has 1 aliphatic heterocycles. The first kappa shape index (κ1) is 9.91. The number of ether oxygens (including phenoxy) is 2. The lowest BCUT2D eigenvalue weighted by molar-refractivity contribution is -0.143. The Morgan fingerprint density at radius 2 is 2.07 bits per heavy atom. The molecule has 1 spiro atoms. The number of esters is 1. The minimum Gasteiger partial charge on any atom is -0.466 e. The van der Waals surface area contributed by atoms with Crippen LogP contribution in [0.5, 0.6) is 0 Å². The van der Waals surface area contributed by atoms with E-state index in [1.54, 1.807) is 0 Å². The molecule has 0 aromatic heterocycles. The van der Waals surface area contributed by atoms with Crippen molar-refractivity contribution in [1.29, 1.82) is 0 Å². The van der Waals surface area contributed by atoms with Gasteiger partial charge in [0.2, 0.25) is 0 Å². The largest absolute Gasteiger partial charge is 0.466 e. The Hall–Kier alpha value is -0.280. The number of rotatable bonds is 1. The number of hydrogen-bond acceptors (Lipinski definition) is 3. The van der Waals surface area contributed by atoms with Crippen LogP contribution in [0.15, 0.2) is 0 Å². The number of hydrogen-bond donors (Lipinski definition) is 0. The molecule has 0 N–H and O–H groups in total. The molecule has 2 atom stereocenters. The molecule has 15 heavy (non-hydrogen) atoms. The third-order valence-corrected chi connectivity index (χ3v) is 4.92. The summed E-state index contributed by atoms with van der Waals surface area (Å²) in [6, 6.07) is 0. The van der Waals surface area contributed by atoms with E-state index in [9.17, 15) is 4.79 Å². The summed E-state index contributed by atoms with van der Waals surface area (Å²) < 4.78 is 10.3. The maximum absolute atomic E-state index is 11.6. The second kappa shape index (κ2) is 2.89. The van der Waals surface area contributed by atoms with Crippen LogP contribution in [-0.2, 0) is 14.3 Å². The molecule has 2 unspecified atom stereocenters. The molecule has 0 amide bonds. The summed E-state index contributed by atoms with van der Waals surface area (Å²) in [6.45, 7) is 0. The van der Waals surface area contributed by atoms with Crippen molar-refractivity contribution in [2.75, 3.05) is 7.11 Å². The molecule has 1 saturated heterocycles. The van der Waals surface area contributed by atoms with Crippen LogP contribution >= 0.6 is 11.6 Å². The van der Waals surface area contributed by atoms with Gasteiger partial charge in [0.05, 0.1) is 7.11 Å². The van der Waals surface area contributed by atoms with Crippen LogP contribution in [0.1, 0.15) is 32.1 Å². The summed E-state index contributed by atoms with van der Waals surface area (Å²) in [7, 11) is 1.36. The molecule has 3 saturated carbocycles. The number of halogens is 1. The van der Waals surface area contributed by atoms with Crippen molar-refractivity contribution in [3.63, 3.8) is 0 Å². The second-order valence-electron chi connectivity index (χ2n) is 5.00. The number of carbonyl (C=O) groups is 1. The van der Waals surface area contributed by atoms with Gasteiger partial charge in [-0.15, -0.1) is 0 Å². The van der Waals surface area contributed by atoms with Crippen LogP contribution in [-0.4, -0.2) is 23.7 Å². The topological polar surface area (TPSA) is 38.8 Å². The van der Waals surface area contributed by atoms with E-state index in [0.717, 1.165) is 19.3 Å². The number of carbonyl (C=O) groups excluding carboxylic acids is 1. The van der Waals surface area contributed by atoms with Crippen LogP contribution in [0.2, 0.25) is 0 Å². The van der Waals surface area contributed by atoms with Crippen molar-refractivity contribution >= 4 is 17.6 Å². The zero-order valence-electron chi connectivity index (χ0n) is 8.79. The normalized spacial score (nSPS) is 51.9. The van der Waals surface area contributed by atoms with Crippen molar-refractivity contribution in [2.24, 2.45) is 11.8 Å². The Labute approximate surface area is 94.1 Å². The van der Waals surface area contributed by atoms with Gasteiger partial charge in [-0.2, -0.15) is 0 Å². The summed E-state index contributed by atoms with van der Waals surface area (Å²) in [5.41, 5.74) is -0.386. The Balaban J connectivity index is 1.86. The number of methoxy groups -OCH3 is 1. The maximum Gasteiger partial charge on any atom is 0.357 e. The van der Waals surface area contributed by atoms with Gasteiger partial charge in [-0.1, -0.05) is 11.6 Å². The lowest BCUT2D eigenvalue weighted by atomic mass is 9.63. The van der Waals surface area contributed by atoms with E-state index in [1.807, 2.05) is 0 Å². The molecule has 3 nitrogen and oxygen atoms in total. The lowest BCUT2D eigenvalue weighted by Gasteiger charge is -2.41. The smallest absolute Gasteiger partial charge is 0.357 e. The number of epoxide rings is 1. The second-order valence-corrected chi connectivity index (χ2v) is 5.53. The Bertz CT molecular complexity index is 311. The van der Waals surface area contributed by atoms with Gasteiger partial charge >= 0.3 is 5.97 Å². The lowest BCUT2D eigenvalue weighted by Crippen LogP contribution is -2.44. The van der Waals surface area contributed by atoms with Gasteiger partial charge < -0.3 is 9.47 Å². The van der Waals surface area contributed by atoms with Crippen molar-refractivity contribution in [1.82, 2.24) is 0 Å².